The predicted octanol–water partition coefficient (Wildman–Crippen LogP) is 3.44. The van der Waals surface area contributed by atoms with E-state index in [-0.39, 0.29) is 23.7 Å². The molecule has 0 bridgehead atoms. The van der Waals surface area contributed by atoms with E-state index in [1.165, 1.54) is 12.5 Å². The first-order valence-electron chi connectivity index (χ1n) is 8.81. The molecule has 2 rings (SSSR count). The van der Waals surface area contributed by atoms with E-state index < -0.39 is 0 Å². The fourth-order valence-electron chi connectivity index (χ4n) is 2.61. The van der Waals surface area contributed by atoms with Gasteiger partial charge in [0, 0.05) is 44.5 Å². The number of amides is 2. The monoisotopic (exact) mass is 353 g/mol. The first kappa shape index (κ1) is 19.6. The van der Waals surface area contributed by atoms with Crippen LogP contribution in [0.3, 0.4) is 0 Å². The molecule has 0 atom stereocenters. The van der Waals surface area contributed by atoms with Crippen LogP contribution in [-0.2, 0) is 21.5 Å². The van der Waals surface area contributed by atoms with Crippen molar-refractivity contribution < 1.29 is 9.59 Å². The van der Waals surface area contributed by atoms with Crippen LogP contribution in [0.4, 0.5) is 5.69 Å². The molecule has 2 aromatic rings. The van der Waals surface area contributed by atoms with Crippen LogP contribution in [0.15, 0.2) is 48.8 Å². The Hall–Kier alpha value is -2.69. The van der Waals surface area contributed by atoms with Gasteiger partial charge in [0.05, 0.1) is 0 Å². The molecule has 0 saturated carbocycles. The Labute approximate surface area is 155 Å². The highest BCUT2D eigenvalue weighted by molar-refractivity contribution is 5.92. The Morgan fingerprint density at radius 3 is 2.19 bits per heavy atom. The lowest BCUT2D eigenvalue weighted by atomic mass is 9.87. The van der Waals surface area contributed by atoms with Crippen LogP contribution in [0.1, 0.15) is 45.2 Å². The van der Waals surface area contributed by atoms with Crippen molar-refractivity contribution in [1.29, 1.82) is 0 Å². The zero-order valence-electron chi connectivity index (χ0n) is 16.0. The lowest BCUT2D eigenvalue weighted by Gasteiger charge is -2.23. The molecule has 2 amide bonds. The molecule has 1 heterocycles. The number of rotatable bonds is 6. The van der Waals surface area contributed by atoms with Crippen LogP contribution in [-0.4, -0.2) is 23.3 Å². The highest BCUT2D eigenvalue weighted by Crippen LogP contribution is 2.25. The number of hydrogen-bond acceptors (Lipinski definition) is 3. The van der Waals surface area contributed by atoms with E-state index in [1.807, 2.05) is 36.4 Å². The Morgan fingerprint density at radius 1 is 1.04 bits per heavy atom. The van der Waals surface area contributed by atoms with Gasteiger partial charge >= 0.3 is 0 Å². The molecule has 26 heavy (non-hydrogen) atoms. The van der Waals surface area contributed by atoms with E-state index in [0.717, 1.165) is 11.3 Å². The second kappa shape index (κ2) is 8.61. The summed E-state index contributed by atoms with van der Waals surface area (Å²) < 4.78 is 0. The average Bonchev–Trinajstić information content (AvgIpc) is 2.60. The topological polar surface area (TPSA) is 62.3 Å². The number of nitrogens with one attached hydrogen (secondary N) is 1. The minimum atomic E-state index is -0.0839. The van der Waals surface area contributed by atoms with Crippen molar-refractivity contribution in [1.82, 2.24) is 10.3 Å². The van der Waals surface area contributed by atoms with Gasteiger partial charge in [-0.2, -0.15) is 0 Å². The second-order valence-corrected chi connectivity index (χ2v) is 7.35. The molecule has 0 unspecified atom stereocenters. The number of benzene rings is 1. The summed E-state index contributed by atoms with van der Waals surface area (Å²) in [5.74, 6) is -0.158. The molecular formula is C21H27N3O2. The van der Waals surface area contributed by atoms with Gasteiger partial charge in [0.2, 0.25) is 11.8 Å². The standard InChI is InChI=1S/C21H27N3O2/c1-16(25)24(19-7-5-18(6-8-19)21(2,3)4)14-11-20(26)23-15-17-9-12-22-13-10-17/h5-10,12-13H,11,14-15H2,1-4H3,(H,23,26). The van der Waals surface area contributed by atoms with Gasteiger partial charge in [0.15, 0.2) is 0 Å². The number of nitrogens with zero attached hydrogens (tertiary/aromatic N) is 2. The first-order valence-corrected chi connectivity index (χ1v) is 8.81. The number of aromatic nitrogens is 1. The van der Waals surface area contributed by atoms with Crippen LogP contribution in [0.5, 0.6) is 0 Å². The highest BCUT2D eigenvalue weighted by Gasteiger charge is 2.16. The van der Waals surface area contributed by atoms with Crippen molar-refractivity contribution in [3.05, 3.63) is 59.9 Å². The van der Waals surface area contributed by atoms with Gasteiger partial charge in [0.1, 0.15) is 0 Å². The first-order chi connectivity index (χ1) is 12.3. The van der Waals surface area contributed by atoms with E-state index in [4.69, 9.17) is 0 Å². The maximum absolute atomic E-state index is 12.1. The molecule has 5 heteroatoms. The molecule has 0 aliphatic rings. The maximum Gasteiger partial charge on any atom is 0.223 e. The molecule has 0 radical (unpaired) electrons. The van der Waals surface area contributed by atoms with Gasteiger partial charge < -0.3 is 10.2 Å². The summed E-state index contributed by atoms with van der Waals surface area (Å²) in [4.78, 5) is 29.7. The van der Waals surface area contributed by atoms with Crippen molar-refractivity contribution >= 4 is 17.5 Å². The van der Waals surface area contributed by atoms with Crippen LogP contribution in [0.2, 0.25) is 0 Å². The molecule has 0 aliphatic heterocycles. The van der Waals surface area contributed by atoms with Gasteiger partial charge in [-0.1, -0.05) is 32.9 Å². The second-order valence-electron chi connectivity index (χ2n) is 7.35. The maximum atomic E-state index is 12.1. The average molecular weight is 353 g/mol. The predicted molar refractivity (Wildman–Crippen MR) is 104 cm³/mol. The van der Waals surface area contributed by atoms with E-state index in [1.54, 1.807) is 17.3 Å². The third-order valence-electron chi connectivity index (χ3n) is 4.23. The molecule has 1 aromatic carbocycles. The zero-order valence-corrected chi connectivity index (χ0v) is 16.0. The summed E-state index contributed by atoms with van der Waals surface area (Å²) in [6.07, 6.45) is 3.64. The van der Waals surface area contributed by atoms with Gasteiger partial charge in [-0.3, -0.25) is 14.6 Å². The zero-order chi connectivity index (χ0) is 19.2. The normalized spacial score (nSPS) is 11.1. The molecule has 0 aliphatic carbocycles. The van der Waals surface area contributed by atoms with Crippen molar-refractivity contribution in [2.24, 2.45) is 0 Å². The van der Waals surface area contributed by atoms with Gasteiger partial charge in [-0.25, -0.2) is 0 Å². The largest absolute Gasteiger partial charge is 0.352 e. The number of anilines is 1. The summed E-state index contributed by atoms with van der Waals surface area (Å²) in [6, 6.07) is 11.7. The molecule has 138 valence electrons. The van der Waals surface area contributed by atoms with Crippen LogP contribution >= 0.6 is 0 Å². The van der Waals surface area contributed by atoms with Crippen LogP contribution < -0.4 is 10.2 Å². The van der Waals surface area contributed by atoms with E-state index in [0.29, 0.717) is 13.1 Å². The van der Waals surface area contributed by atoms with E-state index in [9.17, 15) is 9.59 Å². The van der Waals surface area contributed by atoms with Crippen molar-refractivity contribution in [2.45, 2.75) is 46.1 Å². The number of pyridine rings is 1. The van der Waals surface area contributed by atoms with Crippen molar-refractivity contribution in [3.63, 3.8) is 0 Å². The molecule has 1 N–H and O–H groups in total. The lowest BCUT2D eigenvalue weighted by Crippen LogP contribution is -2.33. The van der Waals surface area contributed by atoms with Gasteiger partial charge in [-0.05, 0) is 40.8 Å². The van der Waals surface area contributed by atoms with Crippen molar-refractivity contribution in [2.75, 3.05) is 11.4 Å². The fourth-order valence-corrected chi connectivity index (χ4v) is 2.61. The molecule has 0 fully saturated rings. The summed E-state index contributed by atoms with van der Waals surface area (Å²) in [5, 5.41) is 2.87. The quantitative estimate of drug-likeness (QED) is 0.865. The SMILES string of the molecule is CC(=O)N(CCC(=O)NCc1ccncc1)c1ccc(C(C)(C)C)cc1. The van der Waals surface area contributed by atoms with E-state index >= 15 is 0 Å². The van der Waals surface area contributed by atoms with Gasteiger partial charge in [0.25, 0.3) is 0 Å². The molecule has 0 spiro atoms. The Balaban J connectivity index is 1.93. The third kappa shape index (κ3) is 5.69. The van der Waals surface area contributed by atoms with Crippen molar-refractivity contribution in [3.8, 4) is 0 Å². The molecule has 5 nitrogen and oxygen atoms in total. The third-order valence-corrected chi connectivity index (χ3v) is 4.23. The number of carbonyl (C=O) groups is 2. The minimum Gasteiger partial charge on any atom is -0.352 e. The molecule has 0 saturated heterocycles. The summed E-state index contributed by atoms with van der Waals surface area (Å²) in [5.41, 5.74) is 3.08. The Kier molecular flexibility index (Phi) is 6.50. The Bertz CT molecular complexity index is 734. The van der Waals surface area contributed by atoms with Crippen LogP contribution in [0, 0.1) is 0 Å². The smallest absolute Gasteiger partial charge is 0.223 e. The molecule has 1 aromatic heterocycles. The summed E-state index contributed by atoms with van der Waals surface area (Å²) >= 11 is 0. The summed E-state index contributed by atoms with van der Waals surface area (Å²) in [7, 11) is 0. The number of carbonyl (C=O) groups excluding carboxylic acids is 2. The fraction of sp³-hybridized carbons (Fsp3) is 0.381. The highest BCUT2D eigenvalue weighted by atomic mass is 16.2. The minimum absolute atomic E-state index is 0.0619. The lowest BCUT2D eigenvalue weighted by molar-refractivity contribution is -0.121. The summed E-state index contributed by atoms with van der Waals surface area (Å²) in [6.45, 7) is 8.79. The van der Waals surface area contributed by atoms with E-state index in [2.05, 4.69) is 31.1 Å². The number of hydrogen-bond donors (Lipinski definition) is 1. The van der Waals surface area contributed by atoms with Crippen LogP contribution in [0.25, 0.3) is 0 Å². The van der Waals surface area contributed by atoms with Gasteiger partial charge in [-0.15, -0.1) is 0 Å². The Morgan fingerprint density at radius 2 is 1.65 bits per heavy atom. The molecular weight excluding hydrogens is 326 g/mol.